The average Bonchev–Trinajstić information content (AvgIpc) is 2.29. The zero-order valence-corrected chi connectivity index (χ0v) is 12.2. The first kappa shape index (κ1) is 15.9. The number of sulfonamides is 1. The van der Waals surface area contributed by atoms with E-state index >= 15 is 0 Å². The first-order valence-electron chi connectivity index (χ1n) is 5.60. The van der Waals surface area contributed by atoms with Gasteiger partial charge in [0.2, 0.25) is 10.0 Å². The van der Waals surface area contributed by atoms with Gasteiger partial charge in [0.05, 0.1) is 11.5 Å². The van der Waals surface area contributed by atoms with Gasteiger partial charge in [0.15, 0.2) is 0 Å². The van der Waals surface area contributed by atoms with Crippen LogP contribution in [-0.2, 0) is 26.3 Å². The lowest BCUT2D eigenvalue weighted by Gasteiger charge is -2.08. The summed E-state index contributed by atoms with van der Waals surface area (Å²) in [6.07, 6.45) is 1.49. The highest BCUT2D eigenvalue weighted by Crippen LogP contribution is 2.12. The molecule has 2 N–H and O–H groups in total. The Labute approximate surface area is 113 Å². The van der Waals surface area contributed by atoms with Crippen molar-refractivity contribution >= 4 is 25.5 Å². The molecule has 0 bridgehead atoms. The molecule has 0 spiro atoms. The van der Waals surface area contributed by atoms with Crippen molar-refractivity contribution in [2.45, 2.75) is 6.42 Å². The van der Waals surface area contributed by atoms with E-state index < -0.39 is 31.4 Å². The van der Waals surface area contributed by atoms with E-state index in [9.17, 15) is 16.8 Å². The van der Waals surface area contributed by atoms with Gasteiger partial charge in [0, 0.05) is 18.6 Å². The van der Waals surface area contributed by atoms with Crippen molar-refractivity contribution in [2.75, 3.05) is 29.1 Å². The maximum atomic E-state index is 11.6. The molecule has 0 aliphatic rings. The summed E-state index contributed by atoms with van der Waals surface area (Å²) in [7, 11) is -6.98. The van der Waals surface area contributed by atoms with Crippen LogP contribution in [0.15, 0.2) is 24.3 Å². The third-order valence-corrected chi connectivity index (χ3v) is 4.84. The van der Waals surface area contributed by atoms with Crippen molar-refractivity contribution in [3.05, 3.63) is 29.8 Å². The zero-order chi connectivity index (χ0) is 14.5. The number of hydrogen-bond donors (Lipinski definition) is 2. The van der Waals surface area contributed by atoms with Crippen molar-refractivity contribution in [3.8, 4) is 0 Å². The number of aliphatic hydroxyl groups is 1. The molecule has 0 unspecified atom stereocenters. The minimum atomic E-state index is -3.67. The second kappa shape index (κ2) is 6.36. The molecule has 108 valence electrons. The largest absolute Gasteiger partial charge is 0.396 e. The van der Waals surface area contributed by atoms with Gasteiger partial charge in [-0.25, -0.2) is 16.8 Å². The van der Waals surface area contributed by atoms with Gasteiger partial charge in [-0.3, -0.25) is 4.72 Å². The molecule has 19 heavy (non-hydrogen) atoms. The number of benzene rings is 1. The third-order valence-electron chi connectivity index (χ3n) is 2.35. The van der Waals surface area contributed by atoms with Crippen molar-refractivity contribution in [1.29, 1.82) is 0 Å². The summed E-state index contributed by atoms with van der Waals surface area (Å²) < 4.78 is 47.5. The number of anilines is 1. The van der Waals surface area contributed by atoms with Gasteiger partial charge >= 0.3 is 0 Å². The topological polar surface area (TPSA) is 101 Å². The fourth-order valence-electron chi connectivity index (χ4n) is 1.36. The van der Waals surface area contributed by atoms with Gasteiger partial charge in [0.1, 0.15) is 9.84 Å². The zero-order valence-electron chi connectivity index (χ0n) is 10.5. The Hall–Kier alpha value is -1.12. The van der Waals surface area contributed by atoms with Gasteiger partial charge in [-0.2, -0.15) is 0 Å². The molecule has 0 aromatic heterocycles. The smallest absolute Gasteiger partial charge is 0.233 e. The van der Waals surface area contributed by atoms with Crippen LogP contribution in [0.25, 0.3) is 0 Å². The van der Waals surface area contributed by atoms with E-state index in [1.54, 1.807) is 24.3 Å². The predicted octanol–water partition coefficient (Wildman–Crippen LogP) is 0.00770. The maximum Gasteiger partial charge on any atom is 0.233 e. The molecule has 0 aliphatic heterocycles. The molecule has 0 fully saturated rings. The number of sulfone groups is 1. The van der Waals surface area contributed by atoms with Crippen LogP contribution in [0.2, 0.25) is 0 Å². The summed E-state index contributed by atoms with van der Waals surface area (Å²) in [5.74, 6) is -0.880. The van der Waals surface area contributed by atoms with E-state index in [0.717, 1.165) is 11.8 Å². The van der Waals surface area contributed by atoms with Gasteiger partial charge in [-0.1, -0.05) is 12.1 Å². The van der Waals surface area contributed by atoms with Crippen molar-refractivity contribution in [3.63, 3.8) is 0 Å². The maximum absolute atomic E-state index is 11.6. The number of aliphatic hydroxyl groups excluding tert-OH is 1. The van der Waals surface area contributed by atoms with Crippen LogP contribution in [0.3, 0.4) is 0 Å². The van der Waals surface area contributed by atoms with Crippen LogP contribution in [-0.4, -0.2) is 46.3 Å². The lowest BCUT2D eigenvalue weighted by atomic mass is 10.1. The van der Waals surface area contributed by atoms with E-state index in [-0.39, 0.29) is 6.61 Å². The predicted molar refractivity (Wildman–Crippen MR) is 74.4 cm³/mol. The Kier molecular flexibility index (Phi) is 5.33. The normalized spacial score (nSPS) is 12.3. The highest BCUT2D eigenvalue weighted by molar-refractivity contribution is 7.95. The van der Waals surface area contributed by atoms with E-state index in [2.05, 4.69) is 4.72 Å². The van der Waals surface area contributed by atoms with Crippen LogP contribution in [0.1, 0.15) is 5.56 Å². The summed E-state index contributed by atoms with van der Waals surface area (Å²) >= 11 is 0. The van der Waals surface area contributed by atoms with Crippen LogP contribution in [0, 0.1) is 0 Å². The Morgan fingerprint density at radius 1 is 1.05 bits per heavy atom. The quantitative estimate of drug-likeness (QED) is 0.739. The summed E-state index contributed by atoms with van der Waals surface area (Å²) in [5.41, 5.74) is 1.26. The molecule has 0 amide bonds. The Balaban J connectivity index is 2.67. The van der Waals surface area contributed by atoms with Gasteiger partial charge in [-0.05, 0) is 24.1 Å². The Morgan fingerprint density at radius 3 is 2.11 bits per heavy atom. The first-order chi connectivity index (χ1) is 8.72. The van der Waals surface area contributed by atoms with Gasteiger partial charge < -0.3 is 5.11 Å². The minimum absolute atomic E-state index is 0.0272. The third kappa shape index (κ3) is 6.55. The van der Waals surface area contributed by atoms with Crippen molar-refractivity contribution in [2.24, 2.45) is 0 Å². The number of rotatable bonds is 7. The monoisotopic (exact) mass is 307 g/mol. The molecule has 0 radical (unpaired) electrons. The molecule has 0 saturated carbocycles. The number of hydrogen-bond acceptors (Lipinski definition) is 5. The van der Waals surface area contributed by atoms with Crippen LogP contribution in [0.4, 0.5) is 5.69 Å². The van der Waals surface area contributed by atoms with Gasteiger partial charge in [0.25, 0.3) is 0 Å². The van der Waals surface area contributed by atoms with Crippen molar-refractivity contribution in [1.82, 2.24) is 0 Å². The van der Waals surface area contributed by atoms with Crippen molar-refractivity contribution < 1.29 is 21.9 Å². The first-order valence-corrected chi connectivity index (χ1v) is 9.31. The highest BCUT2D eigenvalue weighted by Gasteiger charge is 2.14. The SMILES string of the molecule is CS(=O)(=O)CCS(=O)(=O)Nc1ccc(CCO)cc1. The summed E-state index contributed by atoms with van der Waals surface area (Å²) in [4.78, 5) is 0. The van der Waals surface area contributed by atoms with Gasteiger partial charge in [-0.15, -0.1) is 0 Å². The van der Waals surface area contributed by atoms with E-state index in [1.807, 2.05) is 0 Å². The molecule has 0 atom stereocenters. The molecule has 1 aromatic rings. The second-order valence-corrected chi connectivity index (χ2v) is 8.32. The van der Waals surface area contributed by atoms with Crippen LogP contribution < -0.4 is 4.72 Å². The molecule has 1 rings (SSSR count). The second-order valence-electron chi connectivity index (χ2n) is 4.22. The molecule has 1 aromatic carbocycles. The molecule has 8 heteroatoms. The average molecular weight is 307 g/mol. The molecule has 0 heterocycles. The van der Waals surface area contributed by atoms with Crippen LogP contribution in [0.5, 0.6) is 0 Å². The Bertz CT molecular complexity index is 605. The molecular formula is C11H17NO5S2. The minimum Gasteiger partial charge on any atom is -0.396 e. The fourth-order valence-corrected chi connectivity index (χ4v) is 4.05. The summed E-state index contributed by atoms with van der Waals surface area (Å²) in [5, 5.41) is 8.75. The molecule has 0 aliphatic carbocycles. The van der Waals surface area contributed by atoms with E-state index in [4.69, 9.17) is 5.11 Å². The summed E-state index contributed by atoms with van der Waals surface area (Å²) in [6, 6.07) is 6.54. The number of nitrogens with one attached hydrogen (secondary N) is 1. The lowest BCUT2D eigenvalue weighted by molar-refractivity contribution is 0.299. The highest BCUT2D eigenvalue weighted by atomic mass is 32.2. The molecule has 6 nitrogen and oxygen atoms in total. The molecular weight excluding hydrogens is 290 g/mol. The molecule has 0 saturated heterocycles. The lowest BCUT2D eigenvalue weighted by Crippen LogP contribution is -2.22. The van der Waals surface area contributed by atoms with Crippen LogP contribution >= 0.6 is 0 Å². The fraction of sp³-hybridized carbons (Fsp3) is 0.455. The summed E-state index contributed by atoms with van der Waals surface area (Å²) in [6.45, 7) is 0.0272. The Morgan fingerprint density at radius 2 is 1.63 bits per heavy atom. The van der Waals surface area contributed by atoms with E-state index in [0.29, 0.717) is 12.1 Å². The van der Waals surface area contributed by atoms with E-state index in [1.165, 1.54) is 0 Å². The standard InChI is InChI=1S/C11H17NO5S2/c1-18(14,15)8-9-19(16,17)12-11-4-2-10(3-5-11)6-7-13/h2-5,12-13H,6-9H2,1H3.